The molecule has 0 saturated heterocycles. The van der Waals surface area contributed by atoms with Crippen molar-refractivity contribution in [3.63, 3.8) is 0 Å². The molecule has 16 heavy (non-hydrogen) atoms. The molecular formula is C14H22O2. The first-order valence-electron chi connectivity index (χ1n) is 6.15. The zero-order valence-corrected chi connectivity index (χ0v) is 10.8. The molecule has 0 aliphatic heterocycles. The van der Waals surface area contributed by atoms with Crippen molar-refractivity contribution in [2.75, 3.05) is 0 Å². The highest BCUT2D eigenvalue weighted by molar-refractivity contribution is 5.87. The summed E-state index contributed by atoms with van der Waals surface area (Å²) >= 11 is 0. The van der Waals surface area contributed by atoms with E-state index in [9.17, 15) is 4.79 Å². The van der Waals surface area contributed by atoms with E-state index in [0.717, 1.165) is 6.42 Å². The first-order chi connectivity index (χ1) is 7.29. The Morgan fingerprint density at radius 1 is 1.38 bits per heavy atom. The van der Waals surface area contributed by atoms with Gasteiger partial charge >= 0.3 is 5.97 Å². The van der Waals surface area contributed by atoms with Crippen LogP contribution in [0.3, 0.4) is 0 Å². The van der Waals surface area contributed by atoms with Crippen LogP contribution >= 0.6 is 0 Å². The maximum absolute atomic E-state index is 11.6. The smallest absolute Gasteiger partial charge is 0.333 e. The second-order valence-corrected chi connectivity index (χ2v) is 6.28. The number of hydrogen-bond acceptors (Lipinski definition) is 2. The van der Waals surface area contributed by atoms with E-state index < -0.39 is 0 Å². The highest BCUT2D eigenvalue weighted by atomic mass is 16.5. The summed E-state index contributed by atoms with van der Waals surface area (Å²) in [5, 5.41) is 0. The van der Waals surface area contributed by atoms with Crippen molar-refractivity contribution < 1.29 is 9.53 Å². The van der Waals surface area contributed by atoms with E-state index in [4.69, 9.17) is 4.74 Å². The second-order valence-electron chi connectivity index (χ2n) is 6.28. The normalized spacial score (nSPS) is 39.8. The molecule has 2 rings (SSSR count). The van der Waals surface area contributed by atoms with E-state index in [1.165, 1.54) is 12.8 Å². The molecule has 1 unspecified atom stereocenters. The van der Waals surface area contributed by atoms with Crippen molar-refractivity contribution in [3.05, 3.63) is 12.2 Å². The van der Waals surface area contributed by atoms with Crippen LogP contribution in [-0.2, 0) is 9.53 Å². The minimum absolute atomic E-state index is 0.0884. The summed E-state index contributed by atoms with van der Waals surface area (Å²) in [5.41, 5.74) is 0.958. The number of hydrogen-bond donors (Lipinski definition) is 0. The lowest BCUT2D eigenvalue weighted by Gasteiger charge is -2.38. The Morgan fingerprint density at radius 2 is 2.00 bits per heavy atom. The van der Waals surface area contributed by atoms with Crippen molar-refractivity contribution in [1.29, 1.82) is 0 Å². The predicted molar refractivity (Wildman–Crippen MR) is 63.9 cm³/mol. The average molecular weight is 222 g/mol. The van der Waals surface area contributed by atoms with Crippen LogP contribution in [0, 0.1) is 16.7 Å². The zero-order chi connectivity index (χ0) is 12.1. The fourth-order valence-electron chi connectivity index (χ4n) is 3.54. The van der Waals surface area contributed by atoms with E-state index in [-0.39, 0.29) is 17.5 Å². The van der Waals surface area contributed by atoms with Crippen LogP contribution < -0.4 is 0 Å². The van der Waals surface area contributed by atoms with E-state index in [1.807, 2.05) is 0 Å². The number of esters is 1. The summed E-state index contributed by atoms with van der Waals surface area (Å²) < 4.78 is 5.61. The Labute approximate surface area is 98.1 Å². The summed E-state index contributed by atoms with van der Waals surface area (Å²) in [6.45, 7) is 12.3. The molecule has 0 radical (unpaired) electrons. The quantitative estimate of drug-likeness (QED) is 0.529. The van der Waals surface area contributed by atoms with Gasteiger partial charge in [0.1, 0.15) is 6.10 Å². The van der Waals surface area contributed by atoms with Crippen molar-refractivity contribution in [2.24, 2.45) is 16.7 Å². The van der Waals surface area contributed by atoms with E-state index >= 15 is 0 Å². The Balaban J connectivity index is 2.16. The Hall–Kier alpha value is -0.790. The van der Waals surface area contributed by atoms with Gasteiger partial charge < -0.3 is 4.74 Å². The third-order valence-electron chi connectivity index (χ3n) is 5.31. The third kappa shape index (κ3) is 1.35. The van der Waals surface area contributed by atoms with Gasteiger partial charge in [0.15, 0.2) is 0 Å². The van der Waals surface area contributed by atoms with Crippen LogP contribution in [-0.4, -0.2) is 12.1 Å². The largest absolute Gasteiger partial charge is 0.458 e. The first kappa shape index (κ1) is 11.7. The Kier molecular flexibility index (Phi) is 2.45. The summed E-state index contributed by atoms with van der Waals surface area (Å²) in [4.78, 5) is 11.6. The average Bonchev–Trinajstić information content (AvgIpc) is 2.50. The highest BCUT2D eigenvalue weighted by Crippen LogP contribution is 2.66. The van der Waals surface area contributed by atoms with Gasteiger partial charge in [0.2, 0.25) is 0 Å². The van der Waals surface area contributed by atoms with E-state index in [0.29, 0.717) is 16.9 Å². The minimum Gasteiger partial charge on any atom is -0.458 e. The summed E-state index contributed by atoms with van der Waals surface area (Å²) in [6.07, 6.45) is 3.58. The molecule has 2 aliphatic carbocycles. The van der Waals surface area contributed by atoms with Gasteiger partial charge in [-0.1, -0.05) is 27.4 Å². The number of ether oxygens (including phenoxy) is 1. The lowest BCUT2D eigenvalue weighted by molar-refractivity contribution is -0.151. The molecule has 0 aromatic heterocycles. The number of carbonyl (C=O) groups excluding carboxylic acids is 1. The fraction of sp³-hybridized carbons (Fsp3) is 0.786. The van der Waals surface area contributed by atoms with Crippen molar-refractivity contribution in [3.8, 4) is 0 Å². The van der Waals surface area contributed by atoms with Gasteiger partial charge in [-0.15, -0.1) is 0 Å². The van der Waals surface area contributed by atoms with Gasteiger partial charge in [-0.05, 0) is 37.5 Å². The van der Waals surface area contributed by atoms with Crippen LogP contribution in [0.4, 0.5) is 0 Å². The molecule has 0 N–H and O–H groups in total. The topological polar surface area (TPSA) is 26.3 Å². The van der Waals surface area contributed by atoms with Crippen LogP contribution in [0.25, 0.3) is 0 Å². The Morgan fingerprint density at radius 3 is 2.38 bits per heavy atom. The van der Waals surface area contributed by atoms with Crippen LogP contribution in [0.2, 0.25) is 0 Å². The van der Waals surface area contributed by atoms with Crippen molar-refractivity contribution >= 4 is 5.97 Å². The predicted octanol–water partition coefficient (Wildman–Crippen LogP) is 3.32. The lowest BCUT2D eigenvalue weighted by atomic mass is 9.70. The third-order valence-corrected chi connectivity index (χ3v) is 5.31. The van der Waals surface area contributed by atoms with Gasteiger partial charge in [-0.3, -0.25) is 0 Å². The molecule has 2 bridgehead atoms. The van der Waals surface area contributed by atoms with Gasteiger partial charge in [-0.2, -0.15) is 0 Å². The van der Waals surface area contributed by atoms with Gasteiger partial charge in [0, 0.05) is 11.0 Å². The molecule has 2 aliphatic rings. The van der Waals surface area contributed by atoms with E-state index in [2.05, 4.69) is 27.4 Å². The maximum atomic E-state index is 11.6. The molecule has 0 aromatic carbocycles. The molecule has 2 nitrogen and oxygen atoms in total. The highest BCUT2D eigenvalue weighted by Gasteiger charge is 2.62. The van der Waals surface area contributed by atoms with Crippen LogP contribution in [0.1, 0.15) is 47.0 Å². The molecule has 2 heteroatoms. The SMILES string of the molecule is C=C(C)C(=O)OC1C[C@H]2CC[C@@]1(C)C2(C)C. The van der Waals surface area contributed by atoms with Gasteiger partial charge in [-0.25, -0.2) is 4.79 Å². The van der Waals surface area contributed by atoms with Gasteiger partial charge in [0.25, 0.3) is 0 Å². The van der Waals surface area contributed by atoms with Crippen molar-refractivity contribution in [1.82, 2.24) is 0 Å². The molecule has 2 fully saturated rings. The molecule has 0 heterocycles. The fourth-order valence-corrected chi connectivity index (χ4v) is 3.54. The van der Waals surface area contributed by atoms with Crippen LogP contribution in [0.15, 0.2) is 12.2 Å². The zero-order valence-electron chi connectivity index (χ0n) is 10.8. The minimum atomic E-state index is -0.227. The van der Waals surface area contributed by atoms with Gasteiger partial charge in [0.05, 0.1) is 0 Å². The lowest BCUT2D eigenvalue weighted by Crippen LogP contribution is -2.38. The monoisotopic (exact) mass is 222 g/mol. The van der Waals surface area contributed by atoms with Crippen LogP contribution in [0.5, 0.6) is 0 Å². The first-order valence-corrected chi connectivity index (χ1v) is 6.15. The molecule has 3 atom stereocenters. The molecule has 2 saturated carbocycles. The molecule has 0 aromatic rings. The molecular weight excluding hydrogens is 200 g/mol. The molecule has 90 valence electrons. The standard InChI is InChI=1S/C14H22O2/c1-9(2)12(15)16-11-8-10-6-7-14(11,5)13(10,3)4/h10-11H,1,6-8H2,2-5H3/t10-,11?,14-/m1/s1. The number of rotatable bonds is 2. The maximum Gasteiger partial charge on any atom is 0.333 e. The summed E-state index contributed by atoms with van der Waals surface area (Å²) in [7, 11) is 0. The van der Waals surface area contributed by atoms with E-state index in [1.54, 1.807) is 6.92 Å². The number of carbonyl (C=O) groups is 1. The van der Waals surface area contributed by atoms with Crippen molar-refractivity contribution in [2.45, 2.75) is 53.1 Å². The Bertz CT molecular complexity index is 343. The number of fused-ring (bicyclic) bond motifs is 2. The molecule has 0 spiro atoms. The molecule has 0 amide bonds. The second kappa shape index (κ2) is 3.35. The summed E-state index contributed by atoms with van der Waals surface area (Å²) in [5.74, 6) is 0.481. The summed E-state index contributed by atoms with van der Waals surface area (Å²) in [6, 6.07) is 0.